The Morgan fingerprint density at radius 3 is 2.22 bits per heavy atom. The maximum absolute atomic E-state index is 12.9. The molecule has 1 aromatic rings. The number of likely N-dealkylation sites (N-methyl/N-ethyl adjacent to an activating group) is 1. The zero-order chi connectivity index (χ0) is 19.2. The lowest BCUT2D eigenvalue weighted by Crippen LogP contribution is -2.54. The van der Waals surface area contributed by atoms with Crippen molar-refractivity contribution in [3.8, 4) is 0 Å². The largest absolute Gasteiger partial charge is 0.339 e. The third kappa shape index (κ3) is 4.87. The Labute approximate surface area is 162 Å². The van der Waals surface area contributed by atoms with E-state index in [4.69, 9.17) is 0 Å². The number of hydrogen-bond donors (Lipinski definition) is 0. The van der Waals surface area contributed by atoms with Crippen molar-refractivity contribution in [1.82, 2.24) is 19.6 Å². The van der Waals surface area contributed by atoms with Crippen molar-refractivity contribution < 1.29 is 9.59 Å². The van der Waals surface area contributed by atoms with E-state index < -0.39 is 0 Å². The molecule has 2 amide bonds. The van der Waals surface area contributed by atoms with Crippen LogP contribution in [0.2, 0.25) is 0 Å². The van der Waals surface area contributed by atoms with E-state index in [1.165, 1.54) is 0 Å². The van der Waals surface area contributed by atoms with Gasteiger partial charge >= 0.3 is 0 Å². The predicted molar refractivity (Wildman–Crippen MR) is 107 cm³/mol. The molecule has 1 aromatic carbocycles. The maximum Gasteiger partial charge on any atom is 0.253 e. The topological polar surface area (TPSA) is 47.1 Å². The summed E-state index contributed by atoms with van der Waals surface area (Å²) in [5, 5.41) is 0. The van der Waals surface area contributed by atoms with Gasteiger partial charge in [0.2, 0.25) is 5.91 Å². The second kappa shape index (κ2) is 9.33. The van der Waals surface area contributed by atoms with Crippen LogP contribution < -0.4 is 0 Å². The lowest BCUT2D eigenvalue weighted by Gasteiger charge is -2.37. The number of carbonyl (C=O) groups is 2. The number of carbonyl (C=O) groups excluding carboxylic acids is 2. The van der Waals surface area contributed by atoms with E-state index in [-0.39, 0.29) is 17.9 Å². The first-order valence-electron chi connectivity index (χ1n) is 10.2. The average molecular weight is 373 g/mol. The molecular formula is C21H32N4O2. The summed E-state index contributed by atoms with van der Waals surface area (Å²) in [5.74, 6) is 0.320. The molecule has 3 rings (SSSR count). The van der Waals surface area contributed by atoms with Crippen LogP contribution in [0.4, 0.5) is 0 Å². The predicted octanol–water partition coefficient (Wildman–Crippen LogP) is 1.39. The first-order chi connectivity index (χ1) is 13.1. The van der Waals surface area contributed by atoms with E-state index in [0.29, 0.717) is 6.54 Å². The number of hydrogen-bond acceptors (Lipinski definition) is 4. The number of rotatable bonds is 4. The van der Waals surface area contributed by atoms with Crippen molar-refractivity contribution in [3.05, 3.63) is 35.9 Å². The molecular weight excluding hydrogens is 340 g/mol. The van der Waals surface area contributed by atoms with E-state index in [1.807, 2.05) is 47.1 Å². The highest BCUT2D eigenvalue weighted by Gasteiger charge is 2.30. The zero-order valence-corrected chi connectivity index (χ0v) is 16.6. The quantitative estimate of drug-likeness (QED) is 0.801. The van der Waals surface area contributed by atoms with Crippen molar-refractivity contribution in [3.63, 3.8) is 0 Å². The first kappa shape index (κ1) is 19.8. The number of amides is 2. The highest BCUT2D eigenvalue weighted by molar-refractivity contribution is 5.94. The van der Waals surface area contributed by atoms with Crippen LogP contribution in [0.25, 0.3) is 0 Å². The van der Waals surface area contributed by atoms with E-state index in [2.05, 4.69) is 16.7 Å². The summed E-state index contributed by atoms with van der Waals surface area (Å²) in [7, 11) is 0. The molecule has 0 aromatic heterocycles. The van der Waals surface area contributed by atoms with Crippen molar-refractivity contribution >= 4 is 11.8 Å². The van der Waals surface area contributed by atoms with E-state index in [0.717, 1.165) is 64.3 Å². The molecule has 0 bridgehead atoms. The zero-order valence-electron chi connectivity index (χ0n) is 16.6. The Balaban J connectivity index is 1.54. The van der Waals surface area contributed by atoms with E-state index in [1.54, 1.807) is 0 Å². The molecule has 2 aliphatic heterocycles. The molecule has 1 unspecified atom stereocenters. The van der Waals surface area contributed by atoms with E-state index in [9.17, 15) is 9.59 Å². The van der Waals surface area contributed by atoms with Crippen LogP contribution in [0.1, 0.15) is 30.6 Å². The molecule has 0 spiro atoms. The van der Waals surface area contributed by atoms with Crippen LogP contribution in [0.3, 0.4) is 0 Å². The lowest BCUT2D eigenvalue weighted by molar-refractivity contribution is -0.138. The Morgan fingerprint density at radius 2 is 1.56 bits per heavy atom. The molecule has 6 nitrogen and oxygen atoms in total. The van der Waals surface area contributed by atoms with Gasteiger partial charge in [-0.2, -0.15) is 0 Å². The van der Waals surface area contributed by atoms with Gasteiger partial charge in [0.05, 0.1) is 6.04 Å². The van der Waals surface area contributed by atoms with Crippen LogP contribution in [-0.4, -0.2) is 96.4 Å². The summed E-state index contributed by atoms with van der Waals surface area (Å²) in [6.07, 6.45) is 0.903. The van der Waals surface area contributed by atoms with Crippen LogP contribution in [0.15, 0.2) is 30.3 Å². The average Bonchev–Trinajstić information content (AvgIpc) is 2.99. The van der Waals surface area contributed by atoms with Gasteiger partial charge in [-0.05, 0) is 32.0 Å². The van der Waals surface area contributed by atoms with Gasteiger partial charge in [-0.15, -0.1) is 0 Å². The monoisotopic (exact) mass is 372 g/mol. The molecule has 0 N–H and O–H groups in total. The van der Waals surface area contributed by atoms with Gasteiger partial charge < -0.3 is 14.7 Å². The minimum Gasteiger partial charge on any atom is -0.339 e. The molecule has 0 aliphatic carbocycles. The summed E-state index contributed by atoms with van der Waals surface area (Å²) in [5.41, 5.74) is 0.740. The molecule has 2 aliphatic rings. The molecule has 0 radical (unpaired) electrons. The summed E-state index contributed by atoms with van der Waals surface area (Å²) >= 11 is 0. The highest BCUT2D eigenvalue weighted by Crippen LogP contribution is 2.13. The normalized spacial score (nSPS) is 21.0. The van der Waals surface area contributed by atoms with Gasteiger partial charge in [0.25, 0.3) is 5.91 Å². The summed E-state index contributed by atoms with van der Waals surface area (Å²) in [4.78, 5) is 34.2. The Morgan fingerprint density at radius 1 is 0.889 bits per heavy atom. The molecule has 27 heavy (non-hydrogen) atoms. The minimum absolute atomic E-state index is 0.0899. The fraction of sp³-hybridized carbons (Fsp3) is 0.619. The summed E-state index contributed by atoms with van der Waals surface area (Å²) in [6, 6.07) is 9.34. The molecule has 0 saturated carbocycles. The minimum atomic E-state index is -0.120. The van der Waals surface area contributed by atoms with Crippen molar-refractivity contribution in [1.29, 1.82) is 0 Å². The number of piperazine rings is 1. The van der Waals surface area contributed by atoms with Crippen LogP contribution >= 0.6 is 0 Å². The smallest absolute Gasteiger partial charge is 0.253 e. The highest BCUT2D eigenvalue weighted by atomic mass is 16.2. The molecule has 2 heterocycles. The van der Waals surface area contributed by atoms with Gasteiger partial charge in [0.1, 0.15) is 0 Å². The van der Waals surface area contributed by atoms with Crippen molar-refractivity contribution in [2.45, 2.75) is 26.3 Å². The second-order valence-electron chi connectivity index (χ2n) is 7.48. The van der Waals surface area contributed by atoms with Gasteiger partial charge in [-0.1, -0.05) is 25.1 Å². The van der Waals surface area contributed by atoms with Gasteiger partial charge in [0.15, 0.2) is 0 Å². The van der Waals surface area contributed by atoms with Gasteiger partial charge in [-0.25, -0.2) is 0 Å². The maximum atomic E-state index is 12.9. The first-order valence-corrected chi connectivity index (χ1v) is 10.2. The Kier molecular flexibility index (Phi) is 6.85. The van der Waals surface area contributed by atoms with Gasteiger partial charge in [-0.3, -0.25) is 14.5 Å². The molecule has 148 valence electrons. The molecule has 6 heteroatoms. The van der Waals surface area contributed by atoms with E-state index >= 15 is 0 Å². The Hall–Kier alpha value is -1.92. The Bertz CT molecular complexity index is 628. The molecule has 2 saturated heterocycles. The second-order valence-corrected chi connectivity index (χ2v) is 7.48. The summed E-state index contributed by atoms with van der Waals surface area (Å²) < 4.78 is 0. The number of benzene rings is 1. The fourth-order valence-electron chi connectivity index (χ4n) is 4.00. The van der Waals surface area contributed by atoms with Crippen LogP contribution in [0.5, 0.6) is 0 Å². The third-order valence-electron chi connectivity index (χ3n) is 5.87. The van der Waals surface area contributed by atoms with Gasteiger partial charge in [0, 0.05) is 57.9 Å². The lowest BCUT2D eigenvalue weighted by atomic mass is 10.2. The van der Waals surface area contributed by atoms with Crippen LogP contribution in [0, 0.1) is 0 Å². The summed E-state index contributed by atoms with van der Waals surface area (Å²) in [6.45, 7) is 11.9. The molecule has 1 atom stereocenters. The van der Waals surface area contributed by atoms with Crippen LogP contribution in [-0.2, 0) is 4.79 Å². The molecule has 2 fully saturated rings. The standard InChI is InChI=1S/C21H32N4O2/c1-3-22-12-14-25(15-13-22)20(26)18(2)23-10-7-11-24(17-16-23)21(27)19-8-5-4-6-9-19/h4-6,8-9,18H,3,7,10-17H2,1-2H3. The van der Waals surface area contributed by atoms with Crippen molar-refractivity contribution in [2.75, 3.05) is 58.9 Å². The van der Waals surface area contributed by atoms with Crippen molar-refractivity contribution in [2.24, 2.45) is 0 Å². The third-order valence-corrected chi connectivity index (χ3v) is 5.87. The SMILES string of the molecule is CCN1CCN(C(=O)C(C)N2CCCN(C(=O)c3ccccc3)CC2)CC1. The number of nitrogens with zero attached hydrogens (tertiary/aromatic N) is 4. The fourth-order valence-corrected chi connectivity index (χ4v) is 4.00.